The lowest BCUT2D eigenvalue weighted by atomic mass is 10.1. The fraction of sp³-hybridized carbons (Fsp3) is 0.143. The van der Waals surface area contributed by atoms with Gasteiger partial charge in [-0.25, -0.2) is 0 Å². The second kappa shape index (κ2) is 6.37. The van der Waals surface area contributed by atoms with Crippen LogP contribution in [0.4, 0.5) is 5.69 Å². The summed E-state index contributed by atoms with van der Waals surface area (Å²) in [5.74, 6) is 0.925. The summed E-state index contributed by atoms with van der Waals surface area (Å²) >= 11 is 13.7. The second-order valence-electron chi connectivity index (χ2n) is 3.87. The van der Waals surface area contributed by atoms with E-state index in [0.29, 0.717) is 5.02 Å². The molecule has 0 aliphatic rings. The van der Waals surface area contributed by atoms with Crippen LogP contribution in [0.1, 0.15) is 5.56 Å². The highest BCUT2D eigenvalue weighted by molar-refractivity contribution is 7.99. The summed E-state index contributed by atoms with van der Waals surface area (Å²) in [6.45, 7) is 0. The van der Waals surface area contributed by atoms with E-state index in [1.165, 1.54) is 5.56 Å². The molecule has 0 atom stereocenters. The molecule has 0 bridgehead atoms. The van der Waals surface area contributed by atoms with E-state index >= 15 is 0 Å². The normalized spacial score (nSPS) is 10.6. The number of hydrogen-bond acceptors (Lipinski definition) is 2. The molecule has 0 fully saturated rings. The van der Waals surface area contributed by atoms with Crippen molar-refractivity contribution >= 4 is 40.7 Å². The first-order valence-corrected chi connectivity index (χ1v) is 7.32. The minimum Gasteiger partial charge on any atom is -0.399 e. The summed E-state index contributed by atoms with van der Waals surface area (Å²) in [5.41, 5.74) is 7.91. The topological polar surface area (TPSA) is 26.0 Å². The minimum atomic E-state index is 0.709. The lowest BCUT2D eigenvalue weighted by molar-refractivity contribution is 1.16. The van der Waals surface area contributed by atoms with Gasteiger partial charge in [0, 0.05) is 21.4 Å². The van der Waals surface area contributed by atoms with Crippen molar-refractivity contribution in [1.82, 2.24) is 0 Å². The molecule has 94 valence electrons. The smallest absolute Gasteiger partial charge is 0.0542 e. The zero-order chi connectivity index (χ0) is 13.0. The van der Waals surface area contributed by atoms with E-state index in [1.54, 1.807) is 17.8 Å². The van der Waals surface area contributed by atoms with Crippen molar-refractivity contribution in [3.8, 4) is 0 Å². The predicted octanol–water partition coefficient (Wildman–Crippen LogP) is 4.91. The largest absolute Gasteiger partial charge is 0.399 e. The van der Waals surface area contributed by atoms with Crippen LogP contribution < -0.4 is 5.73 Å². The van der Waals surface area contributed by atoms with Crippen LogP contribution in [0, 0.1) is 0 Å². The molecule has 0 heterocycles. The highest BCUT2D eigenvalue weighted by Gasteiger charge is 2.03. The number of halogens is 2. The van der Waals surface area contributed by atoms with Crippen molar-refractivity contribution in [2.24, 2.45) is 0 Å². The quantitative estimate of drug-likeness (QED) is 0.641. The van der Waals surface area contributed by atoms with Crippen LogP contribution in [0.25, 0.3) is 0 Å². The van der Waals surface area contributed by atoms with Gasteiger partial charge in [0.2, 0.25) is 0 Å². The molecular formula is C14H13Cl2NS. The molecule has 2 aromatic carbocycles. The molecule has 2 N–H and O–H groups in total. The van der Waals surface area contributed by atoms with Crippen LogP contribution in [-0.2, 0) is 6.42 Å². The van der Waals surface area contributed by atoms with Gasteiger partial charge in [0.1, 0.15) is 0 Å². The summed E-state index contributed by atoms with van der Waals surface area (Å²) in [5, 5.41) is 1.45. The predicted molar refractivity (Wildman–Crippen MR) is 81.7 cm³/mol. The van der Waals surface area contributed by atoms with Gasteiger partial charge in [-0.05, 0) is 36.2 Å². The Hall–Kier alpha value is -0.830. The monoisotopic (exact) mass is 297 g/mol. The van der Waals surface area contributed by atoms with E-state index in [4.69, 9.17) is 28.9 Å². The number of para-hydroxylation sites is 1. The summed E-state index contributed by atoms with van der Waals surface area (Å²) < 4.78 is 0. The summed E-state index contributed by atoms with van der Waals surface area (Å²) in [6, 6.07) is 13.4. The van der Waals surface area contributed by atoms with Gasteiger partial charge in [-0.2, -0.15) is 0 Å². The number of rotatable bonds is 4. The molecule has 0 unspecified atom stereocenters. The van der Waals surface area contributed by atoms with Crippen LogP contribution in [0.2, 0.25) is 10.0 Å². The zero-order valence-electron chi connectivity index (χ0n) is 9.70. The molecule has 0 amide bonds. The maximum atomic E-state index is 6.11. The Kier molecular flexibility index (Phi) is 4.81. The molecule has 4 heteroatoms. The minimum absolute atomic E-state index is 0.709. The third-order valence-electron chi connectivity index (χ3n) is 2.58. The molecule has 0 aromatic heterocycles. The first-order valence-electron chi connectivity index (χ1n) is 5.58. The van der Waals surface area contributed by atoms with Gasteiger partial charge in [-0.1, -0.05) is 41.4 Å². The van der Waals surface area contributed by atoms with Gasteiger partial charge < -0.3 is 5.73 Å². The van der Waals surface area contributed by atoms with Crippen molar-refractivity contribution in [2.75, 3.05) is 11.5 Å². The van der Waals surface area contributed by atoms with Crippen molar-refractivity contribution in [1.29, 1.82) is 0 Å². The molecule has 2 aromatic rings. The van der Waals surface area contributed by atoms with E-state index in [1.807, 2.05) is 30.3 Å². The van der Waals surface area contributed by atoms with E-state index in [9.17, 15) is 0 Å². The number of thioether (sulfide) groups is 1. The van der Waals surface area contributed by atoms with Gasteiger partial charge in [-0.15, -0.1) is 11.8 Å². The Bertz CT molecular complexity index is 543. The zero-order valence-corrected chi connectivity index (χ0v) is 12.0. The molecule has 0 saturated carbocycles. The van der Waals surface area contributed by atoms with E-state index in [-0.39, 0.29) is 0 Å². The van der Waals surface area contributed by atoms with Crippen molar-refractivity contribution in [3.63, 3.8) is 0 Å². The lowest BCUT2D eigenvalue weighted by Gasteiger charge is -2.06. The van der Waals surface area contributed by atoms with E-state index in [2.05, 4.69) is 6.07 Å². The number of nitrogens with two attached hydrogens (primary N) is 1. The molecule has 1 nitrogen and oxygen atoms in total. The molecule has 0 saturated heterocycles. The standard InChI is InChI=1S/C14H13Cl2NS/c15-11-5-6-12(16)14(9-11)18-8-7-10-3-1-2-4-13(10)17/h1-6,9H,7-8,17H2. The Balaban J connectivity index is 1.96. The second-order valence-corrected chi connectivity index (χ2v) is 5.85. The number of hydrogen-bond donors (Lipinski definition) is 1. The maximum absolute atomic E-state index is 6.11. The Morgan fingerprint density at radius 1 is 1.06 bits per heavy atom. The highest BCUT2D eigenvalue weighted by Crippen LogP contribution is 2.30. The maximum Gasteiger partial charge on any atom is 0.0542 e. The fourth-order valence-electron chi connectivity index (χ4n) is 1.62. The number of benzene rings is 2. The van der Waals surface area contributed by atoms with Crippen molar-refractivity contribution in [2.45, 2.75) is 11.3 Å². The highest BCUT2D eigenvalue weighted by atomic mass is 35.5. The van der Waals surface area contributed by atoms with Crippen LogP contribution in [0.15, 0.2) is 47.4 Å². The number of nitrogen functional groups attached to an aromatic ring is 1. The molecule has 0 aliphatic carbocycles. The lowest BCUT2D eigenvalue weighted by Crippen LogP contribution is -1.95. The number of aryl methyl sites for hydroxylation is 1. The molecule has 2 rings (SSSR count). The molecule has 0 aliphatic heterocycles. The summed E-state index contributed by atoms with van der Waals surface area (Å²) in [4.78, 5) is 1.01. The third-order valence-corrected chi connectivity index (χ3v) is 4.31. The summed E-state index contributed by atoms with van der Waals surface area (Å²) in [7, 11) is 0. The van der Waals surface area contributed by atoms with Gasteiger partial charge in [0.05, 0.1) is 5.02 Å². The Morgan fingerprint density at radius 3 is 2.61 bits per heavy atom. The Morgan fingerprint density at radius 2 is 1.83 bits per heavy atom. The van der Waals surface area contributed by atoms with Crippen LogP contribution in [-0.4, -0.2) is 5.75 Å². The fourth-order valence-corrected chi connectivity index (χ4v) is 3.10. The first kappa shape index (κ1) is 13.6. The average Bonchev–Trinajstić information content (AvgIpc) is 2.36. The third kappa shape index (κ3) is 3.58. The first-order chi connectivity index (χ1) is 8.66. The average molecular weight is 298 g/mol. The van der Waals surface area contributed by atoms with Gasteiger partial charge in [0.25, 0.3) is 0 Å². The molecule has 0 spiro atoms. The van der Waals surface area contributed by atoms with Gasteiger partial charge >= 0.3 is 0 Å². The van der Waals surface area contributed by atoms with Crippen LogP contribution in [0.3, 0.4) is 0 Å². The van der Waals surface area contributed by atoms with Crippen molar-refractivity contribution < 1.29 is 0 Å². The molecule has 0 radical (unpaired) electrons. The van der Waals surface area contributed by atoms with Crippen LogP contribution >= 0.6 is 35.0 Å². The van der Waals surface area contributed by atoms with Crippen LogP contribution in [0.5, 0.6) is 0 Å². The summed E-state index contributed by atoms with van der Waals surface area (Å²) in [6.07, 6.45) is 0.917. The SMILES string of the molecule is Nc1ccccc1CCSc1cc(Cl)ccc1Cl. The van der Waals surface area contributed by atoms with E-state index < -0.39 is 0 Å². The molecule has 18 heavy (non-hydrogen) atoms. The van der Waals surface area contributed by atoms with Crippen molar-refractivity contribution in [3.05, 3.63) is 58.1 Å². The van der Waals surface area contributed by atoms with E-state index in [0.717, 1.165) is 27.8 Å². The van der Waals surface area contributed by atoms with Gasteiger partial charge in [-0.3, -0.25) is 0 Å². The number of anilines is 1. The molecular weight excluding hydrogens is 285 g/mol. The van der Waals surface area contributed by atoms with Gasteiger partial charge in [0.15, 0.2) is 0 Å². The Labute approximate surface area is 121 Å².